The summed E-state index contributed by atoms with van der Waals surface area (Å²) in [5.41, 5.74) is 4.57. The Morgan fingerprint density at radius 1 is 1.00 bits per heavy atom. The number of hydrogen-bond acceptors (Lipinski definition) is 2. The van der Waals surface area contributed by atoms with Crippen LogP contribution in [0.5, 0.6) is 0 Å². The first-order chi connectivity index (χ1) is 9.66. The predicted molar refractivity (Wildman–Crippen MR) is 77.8 cm³/mol. The van der Waals surface area contributed by atoms with E-state index in [0.717, 1.165) is 11.1 Å². The summed E-state index contributed by atoms with van der Waals surface area (Å²) in [6, 6.07) is 16.3. The van der Waals surface area contributed by atoms with E-state index in [1.807, 2.05) is 36.4 Å². The predicted octanol–water partition coefficient (Wildman–Crippen LogP) is 2.58. The summed E-state index contributed by atoms with van der Waals surface area (Å²) in [5.74, 6) is -0.225. The van der Waals surface area contributed by atoms with Gasteiger partial charge in [-0.25, -0.2) is 0 Å². The molecule has 1 heterocycles. The summed E-state index contributed by atoms with van der Waals surface area (Å²) >= 11 is 0. The fourth-order valence-corrected chi connectivity index (χ4v) is 2.73. The van der Waals surface area contributed by atoms with Crippen LogP contribution in [0, 0.1) is 0 Å². The first kappa shape index (κ1) is 12.9. The Kier molecular flexibility index (Phi) is 3.28. The molecule has 1 amide bonds. The highest BCUT2D eigenvalue weighted by atomic mass is 16.3. The molecule has 1 atom stereocenters. The molecule has 0 radical (unpaired) electrons. The van der Waals surface area contributed by atoms with Gasteiger partial charge in [-0.2, -0.15) is 0 Å². The van der Waals surface area contributed by atoms with Crippen molar-refractivity contribution >= 4 is 5.91 Å². The van der Waals surface area contributed by atoms with Crippen molar-refractivity contribution in [1.29, 1.82) is 0 Å². The maximum Gasteiger partial charge on any atom is 0.251 e. The minimum absolute atomic E-state index is 0.225. The number of benzene rings is 2. The van der Waals surface area contributed by atoms with Gasteiger partial charge in [0.05, 0.1) is 0 Å². The van der Waals surface area contributed by atoms with Gasteiger partial charge in [-0.05, 0) is 29.2 Å². The van der Waals surface area contributed by atoms with E-state index in [9.17, 15) is 9.90 Å². The average molecular weight is 267 g/mol. The zero-order chi connectivity index (χ0) is 14.1. The van der Waals surface area contributed by atoms with Crippen LogP contribution in [0.4, 0.5) is 0 Å². The molecule has 0 spiro atoms. The van der Waals surface area contributed by atoms with Crippen LogP contribution in [-0.4, -0.2) is 22.0 Å². The highest BCUT2D eigenvalue weighted by molar-refractivity contribution is 5.82. The molecular weight excluding hydrogens is 250 g/mol. The third-order valence-corrected chi connectivity index (χ3v) is 3.72. The number of amides is 1. The first-order valence-electron chi connectivity index (χ1n) is 6.80. The second kappa shape index (κ2) is 5.10. The van der Waals surface area contributed by atoms with Gasteiger partial charge in [0, 0.05) is 13.1 Å². The van der Waals surface area contributed by atoms with Crippen LogP contribution in [-0.2, 0) is 17.9 Å². The van der Waals surface area contributed by atoms with Gasteiger partial charge in [0.15, 0.2) is 0 Å². The van der Waals surface area contributed by atoms with Crippen molar-refractivity contribution in [1.82, 2.24) is 4.90 Å². The van der Waals surface area contributed by atoms with Gasteiger partial charge in [0.2, 0.25) is 0 Å². The highest BCUT2D eigenvalue weighted by Crippen LogP contribution is 2.32. The summed E-state index contributed by atoms with van der Waals surface area (Å²) in [6.45, 7) is 2.59. The molecule has 0 aromatic heterocycles. The minimum atomic E-state index is -0.965. The van der Waals surface area contributed by atoms with E-state index in [2.05, 4.69) is 12.1 Å². The Bertz CT molecular complexity index is 601. The van der Waals surface area contributed by atoms with Crippen molar-refractivity contribution in [3.05, 3.63) is 59.7 Å². The summed E-state index contributed by atoms with van der Waals surface area (Å²) in [6.07, 6.45) is -0.965. The third-order valence-electron chi connectivity index (χ3n) is 3.72. The lowest BCUT2D eigenvalue weighted by atomic mass is 9.97. The van der Waals surface area contributed by atoms with Crippen LogP contribution in [0.1, 0.15) is 18.1 Å². The molecule has 2 aromatic carbocycles. The Hall–Kier alpha value is -2.13. The molecule has 20 heavy (non-hydrogen) atoms. The summed E-state index contributed by atoms with van der Waals surface area (Å²) < 4.78 is 0. The average Bonchev–Trinajstić information content (AvgIpc) is 2.63. The Morgan fingerprint density at radius 3 is 1.90 bits per heavy atom. The van der Waals surface area contributed by atoms with Gasteiger partial charge < -0.3 is 10.0 Å². The Balaban J connectivity index is 2.12. The fraction of sp³-hybridized carbons (Fsp3) is 0.235. The smallest absolute Gasteiger partial charge is 0.251 e. The molecule has 0 unspecified atom stereocenters. The number of carbonyl (C=O) groups is 1. The maximum absolute atomic E-state index is 12.1. The number of aliphatic hydroxyl groups excluding tert-OH is 1. The van der Waals surface area contributed by atoms with E-state index in [0.29, 0.717) is 13.1 Å². The van der Waals surface area contributed by atoms with E-state index in [1.54, 1.807) is 4.90 Å². The van der Waals surface area contributed by atoms with Gasteiger partial charge in [0.1, 0.15) is 6.10 Å². The van der Waals surface area contributed by atoms with Gasteiger partial charge in [-0.3, -0.25) is 4.79 Å². The molecule has 1 aliphatic heterocycles. The molecule has 1 aliphatic rings. The zero-order valence-electron chi connectivity index (χ0n) is 11.4. The first-order valence-corrected chi connectivity index (χ1v) is 6.80. The standard InChI is InChI=1S/C17H17NO2/c1-12(19)17(20)18-10-13-6-2-4-8-15(13)16-9-5-3-7-14(16)11-18/h2-9,12,19H,10-11H2,1H3/t12-/m1/s1. The lowest BCUT2D eigenvalue weighted by Gasteiger charge is -2.22. The third kappa shape index (κ3) is 2.21. The summed E-state index contributed by atoms with van der Waals surface area (Å²) in [4.78, 5) is 13.9. The number of hydrogen-bond donors (Lipinski definition) is 1. The molecular formula is C17H17NO2. The van der Waals surface area contributed by atoms with Crippen LogP contribution >= 0.6 is 0 Å². The molecule has 3 heteroatoms. The summed E-state index contributed by atoms with van der Waals surface area (Å²) in [7, 11) is 0. The number of rotatable bonds is 1. The Labute approximate surface area is 118 Å². The normalized spacial score (nSPS) is 15.0. The fourth-order valence-electron chi connectivity index (χ4n) is 2.73. The molecule has 1 N–H and O–H groups in total. The van der Waals surface area contributed by atoms with Crippen LogP contribution in [0.3, 0.4) is 0 Å². The van der Waals surface area contributed by atoms with Gasteiger partial charge in [-0.15, -0.1) is 0 Å². The largest absolute Gasteiger partial charge is 0.384 e. The van der Waals surface area contributed by atoms with Gasteiger partial charge in [-0.1, -0.05) is 48.5 Å². The molecule has 3 rings (SSSR count). The molecule has 0 fully saturated rings. The second-order valence-corrected chi connectivity index (χ2v) is 5.18. The quantitative estimate of drug-likeness (QED) is 0.862. The number of nitrogens with zero attached hydrogens (tertiary/aromatic N) is 1. The maximum atomic E-state index is 12.1. The van der Waals surface area contributed by atoms with Crippen molar-refractivity contribution in [2.24, 2.45) is 0 Å². The number of fused-ring (bicyclic) bond motifs is 3. The molecule has 3 nitrogen and oxygen atoms in total. The minimum Gasteiger partial charge on any atom is -0.384 e. The van der Waals surface area contributed by atoms with E-state index >= 15 is 0 Å². The lowest BCUT2D eigenvalue weighted by Crippen LogP contribution is -2.36. The monoisotopic (exact) mass is 267 g/mol. The molecule has 0 saturated heterocycles. The number of aliphatic hydroxyl groups is 1. The second-order valence-electron chi connectivity index (χ2n) is 5.18. The van der Waals surface area contributed by atoms with Gasteiger partial charge >= 0.3 is 0 Å². The van der Waals surface area contributed by atoms with Crippen molar-refractivity contribution in [3.63, 3.8) is 0 Å². The van der Waals surface area contributed by atoms with Crippen molar-refractivity contribution in [2.75, 3.05) is 0 Å². The number of carbonyl (C=O) groups excluding carboxylic acids is 1. The molecule has 2 aromatic rings. The van der Waals surface area contributed by atoms with Crippen LogP contribution in [0.15, 0.2) is 48.5 Å². The van der Waals surface area contributed by atoms with Crippen molar-refractivity contribution in [3.8, 4) is 11.1 Å². The zero-order valence-corrected chi connectivity index (χ0v) is 11.4. The van der Waals surface area contributed by atoms with E-state index in [1.165, 1.54) is 18.1 Å². The molecule has 0 bridgehead atoms. The van der Waals surface area contributed by atoms with Crippen molar-refractivity contribution < 1.29 is 9.90 Å². The summed E-state index contributed by atoms with van der Waals surface area (Å²) in [5, 5.41) is 9.57. The van der Waals surface area contributed by atoms with E-state index < -0.39 is 6.10 Å². The van der Waals surface area contributed by atoms with E-state index in [-0.39, 0.29) is 5.91 Å². The Morgan fingerprint density at radius 2 is 1.45 bits per heavy atom. The lowest BCUT2D eigenvalue weighted by molar-refractivity contribution is -0.140. The van der Waals surface area contributed by atoms with E-state index in [4.69, 9.17) is 0 Å². The SMILES string of the molecule is C[C@@H](O)C(=O)N1Cc2ccccc2-c2ccccc2C1. The van der Waals surface area contributed by atoms with Crippen molar-refractivity contribution in [2.45, 2.75) is 26.1 Å². The van der Waals surface area contributed by atoms with Crippen LogP contribution in [0.2, 0.25) is 0 Å². The topological polar surface area (TPSA) is 40.5 Å². The molecule has 102 valence electrons. The highest BCUT2D eigenvalue weighted by Gasteiger charge is 2.24. The van der Waals surface area contributed by atoms with Crippen LogP contribution in [0.25, 0.3) is 11.1 Å². The van der Waals surface area contributed by atoms with Gasteiger partial charge in [0.25, 0.3) is 5.91 Å². The molecule has 0 aliphatic carbocycles. The molecule has 0 saturated carbocycles. The van der Waals surface area contributed by atoms with Crippen LogP contribution < -0.4 is 0 Å².